The van der Waals surface area contributed by atoms with Gasteiger partial charge in [-0.1, -0.05) is 42.3 Å². The van der Waals surface area contributed by atoms with Crippen molar-refractivity contribution in [2.45, 2.75) is 38.9 Å². The van der Waals surface area contributed by atoms with Gasteiger partial charge in [0.1, 0.15) is 0 Å². The maximum Gasteiger partial charge on any atom is 0.0637 e. The van der Waals surface area contributed by atoms with Gasteiger partial charge in [0.2, 0.25) is 0 Å². The van der Waals surface area contributed by atoms with Crippen LogP contribution in [0.25, 0.3) is 0 Å². The Morgan fingerprint density at radius 1 is 1.39 bits per heavy atom. The van der Waals surface area contributed by atoms with E-state index in [1.165, 1.54) is 0 Å². The predicted octanol–water partition coefficient (Wildman–Crippen LogP) is 3.57. The third kappa shape index (κ3) is 3.18. The van der Waals surface area contributed by atoms with E-state index in [-0.39, 0.29) is 0 Å². The van der Waals surface area contributed by atoms with E-state index < -0.39 is 0 Å². The fraction of sp³-hybridized carbons (Fsp3) is 0.571. The van der Waals surface area contributed by atoms with Crippen LogP contribution in [0.2, 0.25) is 10.0 Å². The fourth-order valence-electron chi connectivity index (χ4n) is 2.38. The van der Waals surface area contributed by atoms with Crippen LogP contribution in [-0.4, -0.2) is 30.1 Å². The molecular weight excluding hydrogens is 267 g/mol. The maximum atomic E-state index is 6.26. The Balaban J connectivity index is 2.09. The Bertz CT molecular complexity index is 409. The Morgan fingerprint density at radius 3 is 2.89 bits per heavy atom. The van der Waals surface area contributed by atoms with E-state index in [1.54, 1.807) is 0 Å². The van der Waals surface area contributed by atoms with Gasteiger partial charge in [0.25, 0.3) is 0 Å². The largest absolute Gasteiger partial charge is 0.311 e. The zero-order chi connectivity index (χ0) is 13.1. The van der Waals surface area contributed by atoms with E-state index in [0.29, 0.717) is 22.1 Å². The van der Waals surface area contributed by atoms with Crippen LogP contribution in [0.5, 0.6) is 0 Å². The molecule has 0 spiro atoms. The lowest BCUT2D eigenvalue weighted by molar-refractivity contribution is 0.131. The molecule has 4 heteroatoms. The van der Waals surface area contributed by atoms with E-state index >= 15 is 0 Å². The summed E-state index contributed by atoms with van der Waals surface area (Å²) in [5.41, 5.74) is 1.12. The first kappa shape index (κ1) is 14.1. The summed E-state index contributed by atoms with van der Waals surface area (Å²) < 4.78 is 0. The zero-order valence-electron chi connectivity index (χ0n) is 10.9. The van der Waals surface area contributed by atoms with Gasteiger partial charge >= 0.3 is 0 Å². The molecule has 0 aromatic heterocycles. The van der Waals surface area contributed by atoms with Crippen molar-refractivity contribution in [3.63, 3.8) is 0 Å². The average Bonchev–Trinajstić information content (AvgIpc) is 2.37. The number of hydrogen-bond donors (Lipinski definition) is 1. The van der Waals surface area contributed by atoms with Gasteiger partial charge in [-0.15, -0.1) is 0 Å². The zero-order valence-corrected chi connectivity index (χ0v) is 12.4. The second-order valence-corrected chi connectivity index (χ2v) is 5.79. The number of halogens is 2. The first-order valence-corrected chi connectivity index (χ1v) is 7.27. The van der Waals surface area contributed by atoms with Crippen LogP contribution in [-0.2, 0) is 6.54 Å². The molecule has 2 atom stereocenters. The third-order valence-electron chi connectivity index (χ3n) is 3.68. The van der Waals surface area contributed by atoms with Gasteiger partial charge in [-0.2, -0.15) is 0 Å². The number of benzene rings is 1. The second-order valence-electron chi connectivity index (χ2n) is 5.00. The summed E-state index contributed by atoms with van der Waals surface area (Å²) in [7, 11) is 0. The summed E-state index contributed by atoms with van der Waals surface area (Å²) in [4.78, 5) is 2.47. The molecule has 1 saturated heterocycles. The highest BCUT2D eigenvalue weighted by atomic mass is 35.5. The molecule has 1 aromatic carbocycles. The molecule has 1 heterocycles. The van der Waals surface area contributed by atoms with Crippen molar-refractivity contribution in [2.75, 3.05) is 13.1 Å². The Morgan fingerprint density at radius 2 is 2.17 bits per heavy atom. The van der Waals surface area contributed by atoms with Crippen molar-refractivity contribution in [2.24, 2.45) is 0 Å². The highest BCUT2D eigenvalue weighted by Crippen LogP contribution is 2.27. The molecule has 1 aliphatic heterocycles. The van der Waals surface area contributed by atoms with Crippen LogP contribution in [0.15, 0.2) is 18.2 Å². The number of piperazine rings is 1. The molecule has 100 valence electrons. The molecule has 0 radical (unpaired) electrons. The van der Waals surface area contributed by atoms with Crippen molar-refractivity contribution in [3.05, 3.63) is 33.8 Å². The molecule has 1 aromatic rings. The van der Waals surface area contributed by atoms with Crippen molar-refractivity contribution < 1.29 is 0 Å². The van der Waals surface area contributed by atoms with Crippen molar-refractivity contribution in [1.29, 1.82) is 0 Å². The second kappa shape index (κ2) is 6.25. The highest BCUT2D eigenvalue weighted by Gasteiger charge is 2.24. The standard InChI is InChI=1S/C14H20Cl2N2/c1-3-12-9-18(10(2)7-17-12)8-11-5-4-6-13(15)14(11)16/h4-6,10,12,17H,3,7-9H2,1-2H3. The smallest absolute Gasteiger partial charge is 0.0637 e. The van der Waals surface area contributed by atoms with Crippen LogP contribution in [0.3, 0.4) is 0 Å². The molecule has 0 bridgehead atoms. The molecular formula is C14H20Cl2N2. The molecule has 1 aliphatic rings. The third-order valence-corrected chi connectivity index (χ3v) is 4.54. The minimum Gasteiger partial charge on any atom is -0.311 e. The van der Waals surface area contributed by atoms with Crippen molar-refractivity contribution in [1.82, 2.24) is 10.2 Å². The SMILES string of the molecule is CCC1CN(Cc2cccc(Cl)c2Cl)C(C)CN1. The van der Waals surface area contributed by atoms with Crippen LogP contribution in [0.1, 0.15) is 25.8 Å². The number of nitrogens with one attached hydrogen (secondary N) is 1. The molecule has 2 nitrogen and oxygen atoms in total. The summed E-state index contributed by atoms with van der Waals surface area (Å²) in [5, 5.41) is 4.89. The molecule has 1 N–H and O–H groups in total. The molecule has 2 rings (SSSR count). The summed E-state index contributed by atoms with van der Waals surface area (Å²) in [5.74, 6) is 0. The Hall–Kier alpha value is -0.280. The van der Waals surface area contributed by atoms with E-state index in [2.05, 4.69) is 30.1 Å². The molecule has 0 aliphatic carbocycles. The average molecular weight is 287 g/mol. The lowest BCUT2D eigenvalue weighted by atomic mass is 10.1. The van der Waals surface area contributed by atoms with Gasteiger partial charge in [0.05, 0.1) is 10.0 Å². The molecule has 2 unspecified atom stereocenters. The Kier molecular flexibility index (Phi) is 4.91. The predicted molar refractivity (Wildman–Crippen MR) is 78.4 cm³/mol. The van der Waals surface area contributed by atoms with Crippen LogP contribution < -0.4 is 5.32 Å². The summed E-state index contributed by atoms with van der Waals surface area (Å²) >= 11 is 12.3. The first-order chi connectivity index (χ1) is 8.61. The summed E-state index contributed by atoms with van der Waals surface area (Å²) in [6.07, 6.45) is 1.16. The van der Waals surface area contributed by atoms with Crippen molar-refractivity contribution in [3.8, 4) is 0 Å². The van der Waals surface area contributed by atoms with Crippen LogP contribution in [0, 0.1) is 0 Å². The maximum absolute atomic E-state index is 6.26. The number of nitrogens with zero attached hydrogens (tertiary/aromatic N) is 1. The van der Waals surface area contributed by atoms with Crippen LogP contribution in [0.4, 0.5) is 0 Å². The molecule has 1 fully saturated rings. The quantitative estimate of drug-likeness (QED) is 0.914. The summed E-state index contributed by atoms with van der Waals surface area (Å²) in [6, 6.07) is 6.98. The van der Waals surface area contributed by atoms with Gasteiger partial charge in [0, 0.05) is 31.7 Å². The summed E-state index contributed by atoms with van der Waals surface area (Å²) in [6.45, 7) is 7.45. The number of rotatable bonds is 3. The molecule has 0 saturated carbocycles. The van der Waals surface area contributed by atoms with Gasteiger partial charge in [-0.25, -0.2) is 0 Å². The Labute approximate surface area is 119 Å². The monoisotopic (exact) mass is 286 g/mol. The topological polar surface area (TPSA) is 15.3 Å². The lowest BCUT2D eigenvalue weighted by Crippen LogP contribution is -2.54. The van der Waals surface area contributed by atoms with Gasteiger partial charge < -0.3 is 5.32 Å². The van der Waals surface area contributed by atoms with E-state index in [1.807, 2.05) is 12.1 Å². The van der Waals surface area contributed by atoms with E-state index in [0.717, 1.165) is 31.6 Å². The minimum absolute atomic E-state index is 0.530. The highest BCUT2D eigenvalue weighted by molar-refractivity contribution is 6.42. The van der Waals surface area contributed by atoms with Crippen molar-refractivity contribution >= 4 is 23.2 Å². The van der Waals surface area contributed by atoms with Gasteiger partial charge in [-0.3, -0.25) is 4.90 Å². The van der Waals surface area contributed by atoms with Gasteiger partial charge in [0.15, 0.2) is 0 Å². The van der Waals surface area contributed by atoms with E-state index in [9.17, 15) is 0 Å². The van der Waals surface area contributed by atoms with Gasteiger partial charge in [-0.05, 0) is 25.0 Å². The molecule has 0 amide bonds. The lowest BCUT2D eigenvalue weighted by Gasteiger charge is -2.38. The first-order valence-electron chi connectivity index (χ1n) is 6.52. The number of hydrogen-bond acceptors (Lipinski definition) is 2. The minimum atomic E-state index is 0.530. The van der Waals surface area contributed by atoms with E-state index in [4.69, 9.17) is 23.2 Å². The fourth-order valence-corrected chi connectivity index (χ4v) is 2.76. The normalized spacial score (nSPS) is 25.3. The van der Waals surface area contributed by atoms with Crippen LogP contribution >= 0.6 is 23.2 Å². The molecule has 18 heavy (non-hydrogen) atoms.